The fourth-order valence-electron chi connectivity index (χ4n) is 1.70. The summed E-state index contributed by atoms with van der Waals surface area (Å²) in [6, 6.07) is 10.7. The average Bonchev–Trinajstić information content (AvgIpc) is 2.75. The highest BCUT2D eigenvalue weighted by molar-refractivity contribution is 14.1. The first kappa shape index (κ1) is 12.7. The SMILES string of the molecule is CC(Cc1cccs1)Nc1ccc(N)cc1I. The molecule has 0 radical (unpaired) electrons. The minimum absolute atomic E-state index is 0.422. The molecular weight excluding hydrogens is 343 g/mol. The van der Waals surface area contributed by atoms with Crippen LogP contribution in [0.2, 0.25) is 0 Å². The molecule has 1 atom stereocenters. The van der Waals surface area contributed by atoms with Gasteiger partial charge in [-0.25, -0.2) is 0 Å². The van der Waals surface area contributed by atoms with Crippen LogP contribution in [-0.2, 0) is 6.42 Å². The number of nitrogens with one attached hydrogen (secondary N) is 1. The number of rotatable bonds is 4. The van der Waals surface area contributed by atoms with E-state index in [0.29, 0.717) is 6.04 Å². The van der Waals surface area contributed by atoms with Gasteiger partial charge in [0, 0.05) is 32.3 Å². The second-order valence-corrected chi connectivity index (χ2v) is 6.26. The van der Waals surface area contributed by atoms with E-state index in [2.05, 4.69) is 52.3 Å². The Labute approximate surface area is 119 Å². The van der Waals surface area contributed by atoms with Crippen LogP contribution in [0, 0.1) is 3.57 Å². The maximum atomic E-state index is 5.74. The fourth-order valence-corrected chi connectivity index (χ4v) is 3.23. The molecule has 0 saturated carbocycles. The normalized spacial score (nSPS) is 12.4. The van der Waals surface area contributed by atoms with E-state index >= 15 is 0 Å². The Bertz CT molecular complexity index is 482. The first-order chi connectivity index (χ1) is 8.15. The van der Waals surface area contributed by atoms with Gasteiger partial charge in [-0.1, -0.05) is 6.07 Å². The van der Waals surface area contributed by atoms with Crippen LogP contribution in [0.1, 0.15) is 11.8 Å². The third-order valence-electron chi connectivity index (χ3n) is 2.48. The van der Waals surface area contributed by atoms with Gasteiger partial charge in [-0.05, 0) is 59.2 Å². The number of thiophene rings is 1. The Morgan fingerprint density at radius 1 is 1.41 bits per heavy atom. The number of halogens is 1. The number of hydrogen-bond acceptors (Lipinski definition) is 3. The molecule has 2 nitrogen and oxygen atoms in total. The molecule has 1 heterocycles. The molecule has 2 rings (SSSR count). The third-order valence-corrected chi connectivity index (χ3v) is 4.27. The van der Waals surface area contributed by atoms with E-state index in [4.69, 9.17) is 5.73 Å². The van der Waals surface area contributed by atoms with Crippen molar-refractivity contribution in [3.05, 3.63) is 44.2 Å². The van der Waals surface area contributed by atoms with Gasteiger partial charge in [0.25, 0.3) is 0 Å². The maximum absolute atomic E-state index is 5.74. The standard InChI is InChI=1S/C13H15IN2S/c1-9(7-11-3-2-6-17-11)16-13-5-4-10(15)8-12(13)14/h2-6,8-9,16H,7,15H2,1H3. The van der Waals surface area contributed by atoms with Crippen LogP contribution in [0.15, 0.2) is 35.7 Å². The smallest absolute Gasteiger partial charge is 0.0479 e. The van der Waals surface area contributed by atoms with Crippen molar-refractivity contribution in [2.24, 2.45) is 0 Å². The maximum Gasteiger partial charge on any atom is 0.0479 e. The van der Waals surface area contributed by atoms with Crippen molar-refractivity contribution in [3.63, 3.8) is 0 Å². The molecule has 0 aliphatic heterocycles. The first-order valence-electron chi connectivity index (χ1n) is 5.49. The molecule has 3 N–H and O–H groups in total. The van der Waals surface area contributed by atoms with Crippen molar-refractivity contribution in [3.8, 4) is 0 Å². The Morgan fingerprint density at radius 2 is 2.24 bits per heavy atom. The Balaban J connectivity index is 2.00. The van der Waals surface area contributed by atoms with Crippen LogP contribution in [-0.4, -0.2) is 6.04 Å². The lowest BCUT2D eigenvalue weighted by molar-refractivity contribution is 0.800. The van der Waals surface area contributed by atoms with Gasteiger partial charge in [-0.3, -0.25) is 0 Å². The summed E-state index contributed by atoms with van der Waals surface area (Å²) in [5.41, 5.74) is 7.70. The van der Waals surface area contributed by atoms with E-state index in [1.54, 1.807) is 11.3 Å². The summed E-state index contributed by atoms with van der Waals surface area (Å²) in [6.45, 7) is 2.20. The number of benzene rings is 1. The van der Waals surface area contributed by atoms with E-state index in [0.717, 1.165) is 17.8 Å². The van der Waals surface area contributed by atoms with Crippen molar-refractivity contribution >= 4 is 45.3 Å². The lowest BCUT2D eigenvalue weighted by Gasteiger charge is -2.16. The molecular formula is C13H15IN2S. The summed E-state index contributed by atoms with van der Waals surface area (Å²) in [7, 11) is 0. The van der Waals surface area contributed by atoms with E-state index in [-0.39, 0.29) is 0 Å². The molecule has 0 aliphatic carbocycles. The van der Waals surface area contributed by atoms with E-state index in [1.807, 2.05) is 18.2 Å². The van der Waals surface area contributed by atoms with Gasteiger partial charge >= 0.3 is 0 Å². The zero-order valence-corrected chi connectivity index (χ0v) is 12.6. The van der Waals surface area contributed by atoms with Crippen molar-refractivity contribution in [2.45, 2.75) is 19.4 Å². The number of anilines is 2. The summed E-state index contributed by atoms with van der Waals surface area (Å²) in [5.74, 6) is 0. The molecule has 0 spiro atoms. The topological polar surface area (TPSA) is 38.0 Å². The summed E-state index contributed by atoms with van der Waals surface area (Å²) in [4.78, 5) is 1.41. The Hall–Kier alpha value is -0.750. The van der Waals surface area contributed by atoms with Crippen LogP contribution in [0.4, 0.5) is 11.4 Å². The molecule has 1 aromatic carbocycles. The quantitative estimate of drug-likeness (QED) is 0.641. The van der Waals surface area contributed by atoms with E-state index < -0.39 is 0 Å². The van der Waals surface area contributed by atoms with E-state index in [1.165, 1.54) is 8.45 Å². The summed E-state index contributed by atoms with van der Waals surface area (Å²) < 4.78 is 1.17. The van der Waals surface area contributed by atoms with Gasteiger partial charge in [0.1, 0.15) is 0 Å². The lowest BCUT2D eigenvalue weighted by Crippen LogP contribution is -2.18. The van der Waals surface area contributed by atoms with Gasteiger partial charge in [-0.15, -0.1) is 11.3 Å². The molecule has 0 bridgehead atoms. The van der Waals surface area contributed by atoms with Gasteiger partial charge in [0.15, 0.2) is 0 Å². The second-order valence-electron chi connectivity index (χ2n) is 4.07. The van der Waals surface area contributed by atoms with Crippen LogP contribution in [0.25, 0.3) is 0 Å². The average molecular weight is 358 g/mol. The molecule has 1 aromatic heterocycles. The summed E-state index contributed by atoms with van der Waals surface area (Å²) in [5, 5.41) is 5.64. The van der Waals surface area contributed by atoms with Crippen molar-refractivity contribution < 1.29 is 0 Å². The molecule has 4 heteroatoms. The minimum atomic E-state index is 0.422. The Kier molecular flexibility index (Phi) is 4.28. The predicted octanol–water partition coefficient (Wildman–Crippen LogP) is 3.98. The van der Waals surface area contributed by atoms with Crippen molar-refractivity contribution in [1.29, 1.82) is 0 Å². The highest BCUT2D eigenvalue weighted by atomic mass is 127. The predicted molar refractivity (Wildman–Crippen MR) is 84.7 cm³/mol. The number of hydrogen-bond donors (Lipinski definition) is 2. The van der Waals surface area contributed by atoms with E-state index in [9.17, 15) is 0 Å². The number of nitrogens with two attached hydrogens (primary N) is 1. The van der Waals surface area contributed by atoms with Gasteiger partial charge in [0.05, 0.1) is 0 Å². The van der Waals surface area contributed by atoms with Crippen LogP contribution >= 0.6 is 33.9 Å². The van der Waals surface area contributed by atoms with Gasteiger partial charge in [-0.2, -0.15) is 0 Å². The Morgan fingerprint density at radius 3 is 2.88 bits per heavy atom. The zero-order chi connectivity index (χ0) is 12.3. The minimum Gasteiger partial charge on any atom is -0.399 e. The van der Waals surface area contributed by atoms with Crippen LogP contribution < -0.4 is 11.1 Å². The molecule has 90 valence electrons. The van der Waals surface area contributed by atoms with Crippen LogP contribution in [0.3, 0.4) is 0 Å². The number of nitrogen functional groups attached to an aromatic ring is 1. The summed E-state index contributed by atoms with van der Waals surface area (Å²) in [6.07, 6.45) is 1.05. The highest BCUT2D eigenvalue weighted by Gasteiger charge is 2.06. The molecule has 0 aliphatic rings. The first-order valence-corrected chi connectivity index (χ1v) is 7.45. The molecule has 0 fully saturated rings. The largest absolute Gasteiger partial charge is 0.399 e. The van der Waals surface area contributed by atoms with Crippen molar-refractivity contribution in [2.75, 3.05) is 11.1 Å². The summed E-state index contributed by atoms with van der Waals surface area (Å²) >= 11 is 4.12. The molecule has 1 unspecified atom stereocenters. The van der Waals surface area contributed by atoms with Gasteiger partial charge in [0.2, 0.25) is 0 Å². The zero-order valence-electron chi connectivity index (χ0n) is 9.61. The lowest BCUT2D eigenvalue weighted by atomic mass is 10.2. The van der Waals surface area contributed by atoms with Crippen LogP contribution in [0.5, 0.6) is 0 Å². The highest BCUT2D eigenvalue weighted by Crippen LogP contribution is 2.22. The molecule has 0 saturated heterocycles. The molecule has 17 heavy (non-hydrogen) atoms. The molecule has 2 aromatic rings. The third kappa shape index (κ3) is 3.61. The van der Waals surface area contributed by atoms with Crippen molar-refractivity contribution in [1.82, 2.24) is 0 Å². The second kappa shape index (κ2) is 5.73. The molecule has 0 amide bonds. The fraction of sp³-hybridized carbons (Fsp3) is 0.231. The monoisotopic (exact) mass is 358 g/mol. The van der Waals surface area contributed by atoms with Gasteiger partial charge < -0.3 is 11.1 Å².